The topological polar surface area (TPSA) is 56.3 Å². The highest BCUT2D eigenvalue weighted by atomic mass is 35.5. The third kappa shape index (κ3) is 4.69. The number of aromatic nitrogens is 2. The Bertz CT molecular complexity index is 922. The Hall–Kier alpha value is -2.21. The fraction of sp³-hybridized carbons (Fsp3) is 0.111. The Kier molecular flexibility index (Phi) is 6.04. The zero-order chi connectivity index (χ0) is 18.5. The van der Waals surface area contributed by atoms with Crippen molar-refractivity contribution in [3.63, 3.8) is 0 Å². The molecule has 0 atom stereocenters. The minimum Gasteiger partial charge on any atom is -0.487 e. The SMILES string of the molecule is COc1ccnc(Nc2ccc(Cl)c(OCc3ccc(Cl)c(Cl)c3)c2)n1. The molecule has 2 aromatic carbocycles. The van der Waals surface area contributed by atoms with Gasteiger partial charge in [0.25, 0.3) is 0 Å². The van der Waals surface area contributed by atoms with E-state index in [1.54, 1.807) is 49.7 Å². The van der Waals surface area contributed by atoms with Gasteiger partial charge in [-0.2, -0.15) is 4.98 Å². The van der Waals surface area contributed by atoms with Crippen molar-refractivity contribution in [3.8, 4) is 11.6 Å². The summed E-state index contributed by atoms with van der Waals surface area (Å²) in [4.78, 5) is 8.35. The summed E-state index contributed by atoms with van der Waals surface area (Å²) >= 11 is 18.2. The monoisotopic (exact) mass is 409 g/mol. The van der Waals surface area contributed by atoms with Gasteiger partial charge in [0.05, 0.1) is 22.2 Å². The van der Waals surface area contributed by atoms with Gasteiger partial charge in [0.1, 0.15) is 12.4 Å². The van der Waals surface area contributed by atoms with Gasteiger partial charge in [-0.3, -0.25) is 0 Å². The van der Waals surface area contributed by atoms with E-state index < -0.39 is 0 Å². The third-order valence-electron chi connectivity index (χ3n) is 3.40. The quantitative estimate of drug-likeness (QED) is 0.559. The lowest BCUT2D eigenvalue weighted by molar-refractivity contribution is 0.306. The maximum atomic E-state index is 6.22. The number of nitrogens with zero attached hydrogens (tertiary/aromatic N) is 2. The molecular weight excluding hydrogens is 397 g/mol. The molecule has 3 aromatic rings. The van der Waals surface area contributed by atoms with E-state index in [9.17, 15) is 0 Å². The highest BCUT2D eigenvalue weighted by Gasteiger charge is 2.07. The maximum Gasteiger partial charge on any atom is 0.230 e. The van der Waals surface area contributed by atoms with Crippen LogP contribution >= 0.6 is 34.8 Å². The van der Waals surface area contributed by atoms with Crippen LogP contribution in [0, 0.1) is 0 Å². The normalized spacial score (nSPS) is 10.5. The molecule has 0 radical (unpaired) electrons. The van der Waals surface area contributed by atoms with Crippen molar-refractivity contribution in [2.45, 2.75) is 6.61 Å². The number of hydrogen-bond acceptors (Lipinski definition) is 5. The van der Waals surface area contributed by atoms with Gasteiger partial charge in [-0.1, -0.05) is 40.9 Å². The largest absolute Gasteiger partial charge is 0.487 e. The molecule has 0 aliphatic carbocycles. The number of benzene rings is 2. The predicted octanol–water partition coefficient (Wildman–Crippen LogP) is 5.77. The number of anilines is 2. The van der Waals surface area contributed by atoms with Crippen LogP contribution in [0.2, 0.25) is 15.1 Å². The fourth-order valence-corrected chi connectivity index (χ4v) is 2.62. The molecular formula is C18H14Cl3N3O2. The van der Waals surface area contributed by atoms with Crippen molar-refractivity contribution in [2.24, 2.45) is 0 Å². The second-order valence-electron chi connectivity index (χ2n) is 5.23. The standard InChI is InChI=1S/C18H14Cl3N3O2/c1-25-17-6-7-22-18(24-17)23-12-3-5-14(20)16(9-12)26-10-11-2-4-13(19)15(21)8-11/h2-9H,10H2,1H3,(H,22,23,24). The van der Waals surface area contributed by atoms with E-state index in [1.807, 2.05) is 6.07 Å². The molecule has 3 rings (SSSR count). The van der Waals surface area contributed by atoms with E-state index in [-0.39, 0.29) is 0 Å². The van der Waals surface area contributed by atoms with Crippen molar-refractivity contribution in [1.29, 1.82) is 0 Å². The average Bonchev–Trinajstić information content (AvgIpc) is 2.65. The molecule has 0 amide bonds. The Labute approximate surface area is 165 Å². The predicted molar refractivity (Wildman–Crippen MR) is 104 cm³/mol. The lowest BCUT2D eigenvalue weighted by Crippen LogP contribution is -2.00. The number of halogens is 3. The Balaban J connectivity index is 1.73. The molecule has 0 saturated carbocycles. The smallest absolute Gasteiger partial charge is 0.230 e. The average molecular weight is 411 g/mol. The van der Waals surface area contributed by atoms with Gasteiger partial charge in [-0.15, -0.1) is 0 Å². The first kappa shape index (κ1) is 18.6. The molecule has 134 valence electrons. The van der Waals surface area contributed by atoms with Crippen molar-refractivity contribution in [1.82, 2.24) is 9.97 Å². The summed E-state index contributed by atoms with van der Waals surface area (Å²) in [5.41, 5.74) is 1.61. The number of nitrogens with one attached hydrogen (secondary N) is 1. The first-order valence-corrected chi connectivity index (χ1v) is 8.69. The zero-order valence-corrected chi connectivity index (χ0v) is 15.9. The van der Waals surface area contributed by atoms with Crippen molar-refractivity contribution in [2.75, 3.05) is 12.4 Å². The summed E-state index contributed by atoms with van der Waals surface area (Å²) < 4.78 is 10.9. The van der Waals surface area contributed by atoms with Crippen molar-refractivity contribution >= 4 is 46.4 Å². The van der Waals surface area contributed by atoms with E-state index in [4.69, 9.17) is 44.3 Å². The first-order valence-electron chi connectivity index (χ1n) is 7.55. The van der Waals surface area contributed by atoms with E-state index in [2.05, 4.69) is 15.3 Å². The highest BCUT2D eigenvalue weighted by Crippen LogP contribution is 2.30. The molecule has 1 N–H and O–H groups in total. The lowest BCUT2D eigenvalue weighted by Gasteiger charge is -2.11. The summed E-state index contributed by atoms with van der Waals surface area (Å²) in [6.07, 6.45) is 1.60. The summed E-state index contributed by atoms with van der Waals surface area (Å²) in [7, 11) is 1.55. The Morgan fingerprint density at radius 2 is 1.77 bits per heavy atom. The third-order valence-corrected chi connectivity index (χ3v) is 4.46. The molecule has 0 aliphatic heterocycles. The minimum atomic E-state index is 0.301. The maximum absolute atomic E-state index is 6.22. The molecule has 0 fully saturated rings. The van der Waals surface area contributed by atoms with Crippen LogP contribution in [-0.2, 0) is 6.61 Å². The molecule has 26 heavy (non-hydrogen) atoms. The molecule has 0 aliphatic rings. The summed E-state index contributed by atoms with van der Waals surface area (Å²) in [6, 6.07) is 12.3. The molecule has 0 bridgehead atoms. The van der Waals surface area contributed by atoms with Gasteiger partial charge in [0, 0.05) is 24.0 Å². The summed E-state index contributed by atoms with van der Waals surface area (Å²) in [5.74, 6) is 1.39. The van der Waals surface area contributed by atoms with E-state index in [0.29, 0.717) is 39.3 Å². The lowest BCUT2D eigenvalue weighted by atomic mass is 10.2. The van der Waals surface area contributed by atoms with E-state index in [0.717, 1.165) is 11.3 Å². The summed E-state index contributed by atoms with van der Waals surface area (Å²) in [5, 5.41) is 4.54. The Morgan fingerprint density at radius 1 is 0.962 bits per heavy atom. The van der Waals surface area contributed by atoms with E-state index in [1.165, 1.54) is 0 Å². The molecule has 0 saturated heterocycles. The van der Waals surface area contributed by atoms with Crippen LogP contribution in [0.1, 0.15) is 5.56 Å². The van der Waals surface area contributed by atoms with Crippen LogP contribution in [0.4, 0.5) is 11.6 Å². The summed E-state index contributed by atoms with van der Waals surface area (Å²) in [6.45, 7) is 0.301. The molecule has 0 unspecified atom stereocenters. The van der Waals surface area contributed by atoms with Crippen LogP contribution in [0.5, 0.6) is 11.6 Å². The van der Waals surface area contributed by atoms with E-state index >= 15 is 0 Å². The van der Waals surface area contributed by atoms with Gasteiger partial charge in [0.2, 0.25) is 11.8 Å². The van der Waals surface area contributed by atoms with Crippen molar-refractivity contribution in [3.05, 3.63) is 69.3 Å². The van der Waals surface area contributed by atoms with Gasteiger partial charge in [-0.05, 0) is 29.8 Å². The minimum absolute atomic E-state index is 0.301. The highest BCUT2D eigenvalue weighted by molar-refractivity contribution is 6.42. The fourth-order valence-electron chi connectivity index (χ4n) is 2.13. The first-order chi connectivity index (χ1) is 12.5. The van der Waals surface area contributed by atoms with Gasteiger partial charge in [-0.25, -0.2) is 4.98 Å². The second kappa shape index (κ2) is 8.45. The molecule has 1 aromatic heterocycles. The van der Waals surface area contributed by atoms with Crippen LogP contribution in [0.25, 0.3) is 0 Å². The molecule has 1 heterocycles. The van der Waals surface area contributed by atoms with Crippen LogP contribution in [-0.4, -0.2) is 17.1 Å². The number of hydrogen-bond donors (Lipinski definition) is 1. The molecule has 8 heteroatoms. The van der Waals surface area contributed by atoms with Gasteiger partial charge in [0.15, 0.2) is 0 Å². The second-order valence-corrected chi connectivity index (χ2v) is 6.45. The van der Waals surface area contributed by atoms with Gasteiger partial charge >= 0.3 is 0 Å². The number of methoxy groups -OCH3 is 1. The Morgan fingerprint density at radius 3 is 2.54 bits per heavy atom. The van der Waals surface area contributed by atoms with Crippen molar-refractivity contribution < 1.29 is 9.47 Å². The van der Waals surface area contributed by atoms with Crippen LogP contribution in [0.15, 0.2) is 48.7 Å². The molecule has 5 nitrogen and oxygen atoms in total. The van der Waals surface area contributed by atoms with Crippen LogP contribution in [0.3, 0.4) is 0 Å². The molecule has 0 spiro atoms. The zero-order valence-electron chi connectivity index (χ0n) is 13.7. The van der Waals surface area contributed by atoms with Crippen LogP contribution < -0.4 is 14.8 Å². The van der Waals surface area contributed by atoms with Gasteiger partial charge < -0.3 is 14.8 Å². The number of rotatable bonds is 6. The number of ether oxygens (including phenoxy) is 2.